The molecular formula is C56H116O14SSi. The van der Waals surface area contributed by atoms with Gasteiger partial charge >= 0.3 is 8.80 Å². The quantitative estimate of drug-likeness (QED) is 0.0423. The Balaban J connectivity index is 3.10. The van der Waals surface area contributed by atoms with E-state index >= 15 is 0 Å². The zero-order valence-corrected chi connectivity index (χ0v) is 49.2. The van der Waals surface area contributed by atoms with Gasteiger partial charge in [-0.25, -0.2) is 0 Å². The SMILES string of the molecule is CCCCCCCCCCCCCCCCCCOCCOCCOCCOCCOCCOCCOCCOCCOCCOCCOCCCCSCCCCCCCCCCC[Si](OC)(OC)OC. The Bertz CT molecular complexity index is 955. The lowest BCUT2D eigenvalue weighted by molar-refractivity contribution is -0.0275. The molecule has 0 rings (SSSR count). The van der Waals surface area contributed by atoms with E-state index in [1.807, 2.05) is 0 Å². The summed E-state index contributed by atoms with van der Waals surface area (Å²) >= 11 is 2.08. The molecule has 0 N–H and O–H groups in total. The summed E-state index contributed by atoms with van der Waals surface area (Å²) in [6.07, 6.45) is 36.2. The highest BCUT2D eigenvalue weighted by atomic mass is 32.2. The fraction of sp³-hybridized carbons (Fsp3) is 1.00. The number of hydrogen-bond donors (Lipinski definition) is 0. The molecule has 0 aromatic carbocycles. The summed E-state index contributed by atoms with van der Waals surface area (Å²) in [5.74, 6) is 2.50. The van der Waals surface area contributed by atoms with Gasteiger partial charge in [0.05, 0.1) is 132 Å². The topological polar surface area (TPSA) is 129 Å². The lowest BCUT2D eigenvalue weighted by Gasteiger charge is -2.24. The molecule has 0 aromatic rings. The largest absolute Gasteiger partial charge is 0.500 e. The minimum absolute atomic E-state index is 0.523. The first-order valence-electron chi connectivity index (χ1n) is 29.3. The molecule has 0 saturated carbocycles. The maximum atomic E-state index is 5.71. The van der Waals surface area contributed by atoms with Gasteiger partial charge in [-0.1, -0.05) is 148 Å². The summed E-state index contributed by atoms with van der Waals surface area (Å²) in [7, 11) is 2.70. The van der Waals surface area contributed by atoms with Crippen LogP contribution < -0.4 is 0 Å². The second-order valence-corrected chi connectivity index (χ2v) is 22.9. The van der Waals surface area contributed by atoms with Crippen molar-refractivity contribution in [3.63, 3.8) is 0 Å². The van der Waals surface area contributed by atoms with Crippen molar-refractivity contribution in [2.75, 3.05) is 178 Å². The summed E-state index contributed by atoms with van der Waals surface area (Å²) in [6.45, 7) is 15.0. The Morgan fingerprint density at radius 3 is 0.681 bits per heavy atom. The highest BCUT2D eigenvalue weighted by Crippen LogP contribution is 2.19. The maximum absolute atomic E-state index is 5.71. The van der Waals surface area contributed by atoms with Gasteiger partial charge in [-0.05, 0) is 43.6 Å². The highest BCUT2D eigenvalue weighted by Gasteiger charge is 2.36. The third-order valence-corrected chi connectivity index (χ3v) is 16.4. The lowest BCUT2D eigenvalue weighted by atomic mass is 10.0. The fourth-order valence-corrected chi connectivity index (χ4v) is 10.7. The number of thioether (sulfide) groups is 1. The molecule has 0 aromatic heterocycles. The molecule has 0 heterocycles. The van der Waals surface area contributed by atoms with E-state index < -0.39 is 8.80 Å². The molecule has 0 radical (unpaired) electrons. The molecule has 0 aliphatic heterocycles. The Hall–Kier alpha value is 0.00688. The Morgan fingerprint density at radius 2 is 0.417 bits per heavy atom. The molecule has 0 atom stereocenters. The van der Waals surface area contributed by atoms with Crippen molar-refractivity contribution in [1.29, 1.82) is 0 Å². The maximum Gasteiger partial charge on any atom is 0.500 e. The second kappa shape index (κ2) is 65.3. The Kier molecular flexibility index (Phi) is 65.3. The summed E-state index contributed by atoms with van der Waals surface area (Å²) in [6, 6.07) is 0.909. The first-order valence-corrected chi connectivity index (χ1v) is 32.4. The Morgan fingerprint density at radius 1 is 0.222 bits per heavy atom. The third kappa shape index (κ3) is 59.3. The third-order valence-electron chi connectivity index (χ3n) is 12.4. The molecule has 72 heavy (non-hydrogen) atoms. The minimum Gasteiger partial charge on any atom is -0.379 e. The molecule has 0 bridgehead atoms. The molecule has 0 spiro atoms. The predicted molar refractivity (Wildman–Crippen MR) is 298 cm³/mol. The standard InChI is InChI=1S/C56H116O14SSi/c1-5-6-7-8-9-10-11-12-13-14-15-16-18-21-24-27-32-60-34-36-62-38-40-64-42-44-66-46-48-68-50-52-70-53-51-69-49-47-67-45-43-65-41-39-63-37-35-61-33-28-30-55-71-54-29-25-22-19-17-20-23-26-31-56-72(57-2,58-3)59-4/h5-56H2,1-4H3. The van der Waals surface area contributed by atoms with Gasteiger partial charge in [0, 0.05) is 40.6 Å². The smallest absolute Gasteiger partial charge is 0.379 e. The molecule has 0 aliphatic rings. The minimum atomic E-state index is -2.38. The van der Waals surface area contributed by atoms with Gasteiger partial charge in [0.2, 0.25) is 0 Å². The van der Waals surface area contributed by atoms with Crippen LogP contribution in [-0.2, 0) is 65.4 Å². The van der Waals surface area contributed by atoms with Crippen LogP contribution in [0.2, 0.25) is 6.04 Å². The van der Waals surface area contributed by atoms with Crippen LogP contribution in [0.1, 0.15) is 180 Å². The van der Waals surface area contributed by atoms with Crippen LogP contribution in [0, 0.1) is 0 Å². The molecule has 0 saturated heterocycles. The monoisotopic (exact) mass is 1070 g/mol. The lowest BCUT2D eigenvalue weighted by Crippen LogP contribution is -2.42. The zero-order chi connectivity index (χ0) is 51.9. The first-order chi connectivity index (χ1) is 35.7. The summed E-state index contributed by atoms with van der Waals surface area (Å²) in [5.41, 5.74) is 0. The molecule has 434 valence electrons. The highest BCUT2D eigenvalue weighted by molar-refractivity contribution is 7.99. The predicted octanol–water partition coefficient (Wildman–Crippen LogP) is 12.3. The summed E-state index contributed by atoms with van der Waals surface area (Å²) in [4.78, 5) is 0. The van der Waals surface area contributed by atoms with Crippen molar-refractivity contribution in [3.8, 4) is 0 Å². The van der Waals surface area contributed by atoms with Crippen LogP contribution in [-0.4, -0.2) is 187 Å². The van der Waals surface area contributed by atoms with Crippen molar-refractivity contribution in [2.24, 2.45) is 0 Å². The van der Waals surface area contributed by atoms with Crippen molar-refractivity contribution < 1.29 is 65.4 Å². The molecule has 0 unspecified atom stereocenters. The normalized spacial score (nSPS) is 12.0. The van der Waals surface area contributed by atoms with Crippen LogP contribution in [0.3, 0.4) is 0 Å². The van der Waals surface area contributed by atoms with E-state index in [1.54, 1.807) is 21.3 Å². The van der Waals surface area contributed by atoms with Crippen LogP contribution in [0.15, 0.2) is 0 Å². The molecule has 0 aliphatic carbocycles. The van der Waals surface area contributed by atoms with Crippen LogP contribution in [0.25, 0.3) is 0 Å². The molecule has 0 fully saturated rings. The van der Waals surface area contributed by atoms with Gasteiger partial charge in [-0.15, -0.1) is 0 Å². The number of unbranched alkanes of at least 4 members (excludes halogenated alkanes) is 24. The van der Waals surface area contributed by atoms with Gasteiger partial charge < -0.3 is 65.4 Å². The number of rotatable bonds is 67. The van der Waals surface area contributed by atoms with E-state index in [-0.39, 0.29) is 0 Å². The fourth-order valence-electron chi connectivity index (χ4n) is 7.90. The van der Waals surface area contributed by atoms with Crippen molar-refractivity contribution in [3.05, 3.63) is 0 Å². The summed E-state index contributed by atoms with van der Waals surface area (Å²) in [5, 5.41) is 0. The number of hydrogen-bond acceptors (Lipinski definition) is 15. The van der Waals surface area contributed by atoms with E-state index in [4.69, 9.17) is 65.4 Å². The van der Waals surface area contributed by atoms with Gasteiger partial charge in [0.25, 0.3) is 0 Å². The second-order valence-electron chi connectivity index (χ2n) is 18.6. The van der Waals surface area contributed by atoms with Gasteiger partial charge in [-0.2, -0.15) is 11.8 Å². The first kappa shape index (κ1) is 72.0. The molecule has 0 amide bonds. The van der Waals surface area contributed by atoms with Crippen molar-refractivity contribution >= 4 is 20.6 Å². The van der Waals surface area contributed by atoms with Crippen LogP contribution >= 0.6 is 11.8 Å². The van der Waals surface area contributed by atoms with E-state index in [9.17, 15) is 0 Å². The summed E-state index contributed by atoms with van der Waals surface area (Å²) < 4.78 is 78.1. The van der Waals surface area contributed by atoms with Gasteiger partial charge in [0.15, 0.2) is 0 Å². The van der Waals surface area contributed by atoms with Crippen LogP contribution in [0.4, 0.5) is 0 Å². The molecule has 16 heteroatoms. The Labute approximate surface area is 448 Å². The van der Waals surface area contributed by atoms with Gasteiger partial charge in [-0.3, -0.25) is 0 Å². The average molecular weight is 1070 g/mol. The number of ether oxygens (including phenoxy) is 11. The van der Waals surface area contributed by atoms with E-state index in [2.05, 4.69) is 18.7 Å². The van der Waals surface area contributed by atoms with E-state index in [1.165, 1.54) is 166 Å². The average Bonchev–Trinajstić information content (AvgIpc) is 3.40. The van der Waals surface area contributed by atoms with Crippen molar-refractivity contribution in [2.45, 2.75) is 186 Å². The molecule has 14 nitrogen and oxygen atoms in total. The van der Waals surface area contributed by atoms with Crippen molar-refractivity contribution in [1.82, 2.24) is 0 Å². The van der Waals surface area contributed by atoms with Gasteiger partial charge in [0.1, 0.15) is 0 Å². The van der Waals surface area contributed by atoms with Crippen LogP contribution in [0.5, 0.6) is 0 Å². The molecular weight excluding hydrogens is 957 g/mol. The van der Waals surface area contributed by atoms with E-state index in [0.717, 1.165) is 38.5 Å². The zero-order valence-electron chi connectivity index (χ0n) is 47.4. The van der Waals surface area contributed by atoms with E-state index in [0.29, 0.717) is 132 Å².